The Morgan fingerprint density at radius 1 is 1.00 bits per heavy atom. The van der Waals surface area contributed by atoms with Crippen molar-refractivity contribution in [3.05, 3.63) is 122 Å². The van der Waals surface area contributed by atoms with Gasteiger partial charge in [0.25, 0.3) is 11.5 Å². The zero-order valence-electron chi connectivity index (χ0n) is 24.7. The highest BCUT2D eigenvalue weighted by atomic mass is 35.5. The third kappa shape index (κ3) is 5.86. The first kappa shape index (κ1) is 29.6. The predicted molar refractivity (Wildman–Crippen MR) is 172 cm³/mol. The molecule has 44 heavy (non-hydrogen) atoms. The molecule has 6 rings (SSSR count). The molecule has 1 N–H and O–H groups in total. The number of rotatable bonds is 7. The van der Waals surface area contributed by atoms with Crippen LogP contribution in [0.2, 0.25) is 5.02 Å². The highest BCUT2D eigenvalue weighted by Gasteiger charge is 2.35. The van der Waals surface area contributed by atoms with Crippen molar-refractivity contribution in [2.45, 2.75) is 39.2 Å². The molecule has 7 nitrogen and oxygen atoms in total. The van der Waals surface area contributed by atoms with Gasteiger partial charge in [-0.1, -0.05) is 35.9 Å². The Morgan fingerprint density at radius 2 is 1.80 bits per heavy atom. The molecule has 2 aliphatic heterocycles. The fourth-order valence-electron chi connectivity index (χ4n) is 6.59. The van der Waals surface area contributed by atoms with Crippen LogP contribution in [0.4, 0.5) is 21.5 Å². The largest absolute Gasteiger partial charge is 0.369 e. The van der Waals surface area contributed by atoms with Gasteiger partial charge in [-0.25, -0.2) is 4.39 Å². The first-order valence-corrected chi connectivity index (χ1v) is 15.3. The lowest BCUT2D eigenvalue weighted by atomic mass is 9.83. The lowest BCUT2D eigenvalue weighted by molar-refractivity contribution is -0.115. The fourth-order valence-corrected chi connectivity index (χ4v) is 6.82. The monoisotopic (exact) mass is 612 g/mol. The first-order valence-electron chi connectivity index (χ1n) is 14.9. The van der Waals surface area contributed by atoms with E-state index in [1.54, 1.807) is 35.2 Å². The number of benzene rings is 3. The maximum absolute atomic E-state index is 14.5. The highest BCUT2D eigenvalue weighted by molar-refractivity contribution is 6.31. The highest BCUT2D eigenvalue weighted by Crippen LogP contribution is 2.39. The molecular weight excluding hydrogens is 579 g/mol. The van der Waals surface area contributed by atoms with Crippen molar-refractivity contribution in [3.8, 4) is 0 Å². The number of aryl methyl sites for hydroxylation is 1. The van der Waals surface area contributed by atoms with E-state index in [1.807, 2.05) is 54.8 Å². The molecule has 2 bridgehead atoms. The van der Waals surface area contributed by atoms with Gasteiger partial charge in [0.1, 0.15) is 5.82 Å². The van der Waals surface area contributed by atoms with Crippen LogP contribution in [0, 0.1) is 18.7 Å². The first-order chi connectivity index (χ1) is 21.2. The van der Waals surface area contributed by atoms with E-state index in [9.17, 15) is 18.8 Å². The summed E-state index contributed by atoms with van der Waals surface area (Å²) in [5.74, 6) is -0.786. The number of carbonyl (C=O) groups excluding carboxylic acids is 2. The van der Waals surface area contributed by atoms with Crippen LogP contribution in [0.3, 0.4) is 0 Å². The lowest BCUT2D eigenvalue weighted by Crippen LogP contribution is -2.47. The van der Waals surface area contributed by atoms with Crippen LogP contribution in [-0.4, -0.2) is 36.0 Å². The molecule has 0 radical (unpaired) electrons. The van der Waals surface area contributed by atoms with E-state index in [1.165, 1.54) is 12.1 Å². The molecule has 3 heterocycles. The van der Waals surface area contributed by atoms with Crippen LogP contribution < -0.4 is 20.7 Å². The second-order valence-corrected chi connectivity index (χ2v) is 12.1. The van der Waals surface area contributed by atoms with Crippen molar-refractivity contribution in [3.63, 3.8) is 0 Å². The quantitative estimate of drug-likeness (QED) is 0.261. The van der Waals surface area contributed by atoms with Crippen LogP contribution >= 0.6 is 11.6 Å². The van der Waals surface area contributed by atoms with E-state index in [0.717, 1.165) is 29.1 Å². The molecule has 3 aromatic carbocycles. The number of aromatic nitrogens is 1. The number of anilines is 3. The smallest absolute Gasteiger partial charge is 0.258 e. The molecular formula is C35H34ClFN4O3. The zero-order valence-corrected chi connectivity index (χ0v) is 25.5. The maximum atomic E-state index is 14.5. The van der Waals surface area contributed by atoms with Gasteiger partial charge >= 0.3 is 0 Å². The second kappa shape index (κ2) is 12.3. The van der Waals surface area contributed by atoms with Crippen molar-refractivity contribution >= 4 is 40.5 Å². The Morgan fingerprint density at radius 3 is 2.57 bits per heavy atom. The van der Waals surface area contributed by atoms with Gasteiger partial charge < -0.3 is 19.7 Å². The van der Waals surface area contributed by atoms with Crippen LogP contribution in [0.5, 0.6) is 0 Å². The molecule has 0 unspecified atom stereocenters. The van der Waals surface area contributed by atoms with Gasteiger partial charge in [0.2, 0.25) is 5.91 Å². The molecule has 2 atom stereocenters. The fraction of sp³-hybridized carbons (Fsp3) is 0.286. The van der Waals surface area contributed by atoms with Crippen molar-refractivity contribution in [1.82, 2.24) is 4.57 Å². The molecule has 1 fully saturated rings. The minimum atomic E-state index is -0.550. The summed E-state index contributed by atoms with van der Waals surface area (Å²) in [5.41, 5.74) is 4.65. The molecule has 0 aliphatic carbocycles. The van der Waals surface area contributed by atoms with Gasteiger partial charge in [-0.2, -0.15) is 0 Å². The summed E-state index contributed by atoms with van der Waals surface area (Å²) in [7, 11) is 0. The predicted octanol–water partition coefficient (Wildman–Crippen LogP) is 6.42. The SMILES string of the molecule is CCN(C(=O)c1ccc(N2C[C@H]3C[C@@H](C2)c2cccc(=O)n2C3)c(NC(=O)Cc2c(F)cccc2Cl)c1)c1cccc(C)c1. The number of hydrogen-bond acceptors (Lipinski definition) is 4. The normalized spacial score (nSPS) is 17.1. The number of halogens is 2. The van der Waals surface area contributed by atoms with Gasteiger partial charge in [-0.15, -0.1) is 0 Å². The molecule has 2 amide bonds. The minimum Gasteiger partial charge on any atom is -0.369 e. The minimum absolute atomic E-state index is 0.0161. The number of amides is 2. The van der Waals surface area contributed by atoms with Gasteiger partial charge in [0, 0.05) is 65.7 Å². The lowest BCUT2D eigenvalue weighted by Gasteiger charge is -2.44. The average Bonchev–Trinajstić information content (AvgIpc) is 3.00. The topological polar surface area (TPSA) is 74.7 Å². The van der Waals surface area contributed by atoms with Gasteiger partial charge in [0.15, 0.2) is 0 Å². The third-order valence-electron chi connectivity index (χ3n) is 8.61. The van der Waals surface area contributed by atoms with Crippen LogP contribution in [-0.2, 0) is 17.8 Å². The summed E-state index contributed by atoms with van der Waals surface area (Å²) in [6.07, 6.45) is 0.723. The average molecular weight is 613 g/mol. The zero-order chi connectivity index (χ0) is 31.0. The summed E-state index contributed by atoms with van der Waals surface area (Å²) in [6, 6.07) is 22.9. The second-order valence-electron chi connectivity index (χ2n) is 11.6. The molecule has 0 saturated carbocycles. The van der Waals surface area contributed by atoms with E-state index in [4.69, 9.17) is 11.6 Å². The summed E-state index contributed by atoms with van der Waals surface area (Å²) < 4.78 is 16.4. The molecule has 2 aliphatic rings. The van der Waals surface area contributed by atoms with Crippen molar-refractivity contribution in [1.29, 1.82) is 0 Å². The Balaban J connectivity index is 1.35. The van der Waals surface area contributed by atoms with Crippen LogP contribution in [0.25, 0.3) is 0 Å². The number of pyridine rings is 1. The number of carbonyl (C=O) groups is 2. The molecule has 4 aromatic rings. The Labute approximate surface area is 260 Å². The van der Waals surface area contributed by atoms with Crippen molar-refractivity contribution < 1.29 is 14.0 Å². The molecule has 226 valence electrons. The maximum Gasteiger partial charge on any atom is 0.258 e. The van der Waals surface area contributed by atoms with E-state index in [-0.39, 0.29) is 40.3 Å². The number of nitrogens with one attached hydrogen (secondary N) is 1. The standard InChI is InChI=1S/C35H34ClFN4O3/c1-3-40(26-8-4-7-22(2)15-26)35(44)24-13-14-32(30(17-24)38-33(42)18-27-28(36)9-5-10-29(27)37)39-19-23-16-25(21-39)31-11-6-12-34(43)41(31)20-23/h4-15,17,23,25H,3,16,18-21H2,1-2H3,(H,38,42)/t23-,25+/m1/s1. The summed E-state index contributed by atoms with van der Waals surface area (Å²) >= 11 is 6.22. The Kier molecular flexibility index (Phi) is 8.27. The number of piperidine rings is 1. The Hall–Kier alpha value is -4.43. The molecule has 1 saturated heterocycles. The third-order valence-corrected chi connectivity index (χ3v) is 8.97. The summed E-state index contributed by atoms with van der Waals surface area (Å²) in [4.78, 5) is 43.7. The molecule has 1 aromatic heterocycles. The number of nitrogens with zero attached hydrogens (tertiary/aromatic N) is 3. The summed E-state index contributed by atoms with van der Waals surface area (Å²) in [6.45, 7) is 6.34. The van der Waals surface area contributed by atoms with Gasteiger partial charge in [-0.3, -0.25) is 14.4 Å². The van der Waals surface area contributed by atoms with Crippen molar-refractivity contribution in [2.24, 2.45) is 5.92 Å². The van der Waals surface area contributed by atoms with E-state index >= 15 is 0 Å². The summed E-state index contributed by atoms with van der Waals surface area (Å²) in [5, 5.41) is 3.15. The van der Waals surface area contributed by atoms with Crippen LogP contribution in [0.15, 0.2) is 83.7 Å². The van der Waals surface area contributed by atoms with Crippen molar-refractivity contribution in [2.75, 3.05) is 34.8 Å². The van der Waals surface area contributed by atoms with E-state index in [2.05, 4.69) is 10.2 Å². The van der Waals surface area contributed by atoms with E-state index < -0.39 is 11.7 Å². The number of hydrogen-bond donors (Lipinski definition) is 1. The Bertz CT molecular complexity index is 1780. The molecule has 9 heteroatoms. The number of fused-ring (bicyclic) bond motifs is 4. The van der Waals surface area contributed by atoms with Gasteiger partial charge in [0.05, 0.1) is 17.8 Å². The van der Waals surface area contributed by atoms with Gasteiger partial charge in [-0.05, 0) is 80.3 Å². The van der Waals surface area contributed by atoms with Crippen LogP contribution in [0.1, 0.15) is 46.4 Å². The van der Waals surface area contributed by atoms with E-state index in [0.29, 0.717) is 37.4 Å². The molecule has 0 spiro atoms.